The monoisotopic (exact) mass is 215 g/mol. The molecule has 0 saturated carbocycles. The summed E-state index contributed by atoms with van der Waals surface area (Å²) < 4.78 is 0. The van der Waals surface area contributed by atoms with E-state index in [0.29, 0.717) is 5.56 Å². The van der Waals surface area contributed by atoms with Crippen LogP contribution in [0.4, 0.5) is 0 Å². The molecule has 1 aromatic heterocycles. The summed E-state index contributed by atoms with van der Waals surface area (Å²) in [6.45, 7) is 0. The van der Waals surface area contributed by atoms with Gasteiger partial charge in [0.25, 0.3) is 0 Å². The number of nitrogens with zero attached hydrogens (tertiary/aromatic N) is 1. The fourth-order valence-electron chi connectivity index (χ4n) is 1.05. The SMILES string of the molecule is O=C(O)CCC(O)c1ccnc(Cl)c1. The summed E-state index contributed by atoms with van der Waals surface area (Å²) in [6, 6.07) is 3.13. The van der Waals surface area contributed by atoms with Gasteiger partial charge in [-0.05, 0) is 24.1 Å². The Labute approximate surface area is 86.2 Å². The van der Waals surface area contributed by atoms with E-state index >= 15 is 0 Å². The van der Waals surface area contributed by atoms with Crippen molar-refractivity contribution in [3.63, 3.8) is 0 Å². The van der Waals surface area contributed by atoms with Gasteiger partial charge in [0.1, 0.15) is 5.15 Å². The molecule has 76 valence electrons. The van der Waals surface area contributed by atoms with Gasteiger partial charge in [-0.1, -0.05) is 11.6 Å². The van der Waals surface area contributed by atoms with Crippen molar-refractivity contribution >= 4 is 17.6 Å². The van der Waals surface area contributed by atoms with E-state index in [9.17, 15) is 9.90 Å². The van der Waals surface area contributed by atoms with Gasteiger partial charge in [0.2, 0.25) is 0 Å². The summed E-state index contributed by atoms with van der Waals surface area (Å²) in [7, 11) is 0. The molecular weight excluding hydrogens is 206 g/mol. The molecule has 0 bridgehead atoms. The fraction of sp³-hybridized carbons (Fsp3) is 0.333. The van der Waals surface area contributed by atoms with Gasteiger partial charge in [0, 0.05) is 12.6 Å². The summed E-state index contributed by atoms with van der Waals surface area (Å²) >= 11 is 5.61. The van der Waals surface area contributed by atoms with Gasteiger partial charge in [-0.25, -0.2) is 4.98 Å². The summed E-state index contributed by atoms with van der Waals surface area (Å²) in [6.07, 6.45) is 0.782. The number of carboxylic acid groups (broad SMARTS) is 1. The molecule has 0 fully saturated rings. The van der Waals surface area contributed by atoms with Gasteiger partial charge in [0.15, 0.2) is 0 Å². The highest BCUT2D eigenvalue weighted by Crippen LogP contribution is 2.19. The molecule has 0 spiro atoms. The summed E-state index contributed by atoms with van der Waals surface area (Å²) in [5.74, 6) is -0.927. The maximum atomic E-state index is 10.3. The Bertz CT molecular complexity index is 330. The zero-order chi connectivity index (χ0) is 10.6. The number of hydrogen-bond acceptors (Lipinski definition) is 3. The van der Waals surface area contributed by atoms with Crippen LogP contribution in [0.2, 0.25) is 5.15 Å². The highest BCUT2D eigenvalue weighted by atomic mass is 35.5. The zero-order valence-corrected chi connectivity index (χ0v) is 8.11. The van der Waals surface area contributed by atoms with Crippen LogP contribution in [0.25, 0.3) is 0 Å². The third-order valence-corrected chi connectivity index (χ3v) is 1.97. The van der Waals surface area contributed by atoms with Crippen molar-refractivity contribution in [1.29, 1.82) is 0 Å². The molecular formula is C9H10ClNO3. The molecule has 0 aliphatic rings. The molecule has 1 heterocycles. The highest BCUT2D eigenvalue weighted by molar-refractivity contribution is 6.29. The number of aliphatic hydroxyl groups excluding tert-OH is 1. The Kier molecular flexibility index (Phi) is 3.85. The van der Waals surface area contributed by atoms with Crippen molar-refractivity contribution in [3.8, 4) is 0 Å². The predicted molar refractivity (Wildman–Crippen MR) is 51.1 cm³/mol. The highest BCUT2D eigenvalue weighted by Gasteiger charge is 2.09. The van der Waals surface area contributed by atoms with Crippen LogP contribution in [-0.4, -0.2) is 21.2 Å². The summed E-state index contributed by atoms with van der Waals surface area (Å²) in [4.78, 5) is 14.0. The van der Waals surface area contributed by atoms with Gasteiger partial charge < -0.3 is 10.2 Å². The van der Waals surface area contributed by atoms with E-state index in [2.05, 4.69) is 4.98 Å². The third-order valence-electron chi connectivity index (χ3n) is 1.77. The van der Waals surface area contributed by atoms with E-state index in [-0.39, 0.29) is 18.0 Å². The quantitative estimate of drug-likeness (QED) is 0.749. The van der Waals surface area contributed by atoms with Crippen LogP contribution >= 0.6 is 11.6 Å². The second-order valence-corrected chi connectivity index (χ2v) is 3.25. The topological polar surface area (TPSA) is 70.4 Å². The Balaban J connectivity index is 2.60. The number of rotatable bonds is 4. The van der Waals surface area contributed by atoms with Crippen LogP contribution in [0, 0.1) is 0 Å². The van der Waals surface area contributed by atoms with Gasteiger partial charge in [-0.3, -0.25) is 4.79 Å². The number of pyridine rings is 1. The third kappa shape index (κ3) is 3.32. The van der Waals surface area contributed by atoms with E-state index in [4.69, 9.17) is 16.7 Å². The maximum Gasteiger partial charge on any atom is 0.303 e. The molecule has 5 heteroatoms. The van der Waals surface area contributed by atoms with E-state index in [0.717, 1.165) is 0 Å². The average molecular weight is 216 g/mol. The zero-order valence-electron chi connectivity index (χ0n) is 7.35. The van der Waals surface area contributed by atoms with Crippen LogP contribution < -0.4 is 0 Å². The molecule has 4 nitrogen and oxygen atoms in total. The number of aromatic nitrogens is 1. The molecule has 0 radical (unpaired) electrons. The van der Waals surface area contributed by atoms with Gasteiger partial charge in [-0.2, -0.15) is 0 Å². The maximum absolute atomic E-state index is 10.3. The molecule has 1 unspecified atom stereocenters. The number of halogens is 1. The lowest BCUT2D eigenvalue weighted by Gasteiger charge is -2.08. The van der Waals surface area contributed by atoms with Gasteiger partial charge in [-0.15, -0.1) is 0 Å². The van der Waals surface area contributed by atoms with Crippen molar-refractivity contribution in [2.45, 2.75) is 18.9 Å². The lowest BCUT2D eigenvalue weighted by Crippen LogP contribution is -2.02. The number of aliphatic hydroxyl groups is 1. The van der Waals surface area contributed by atoms with Gasteiger partial charge >= 0.3 is 5.97 Å². The molecule has 0 saturated heterocycles. The minimum atomic E-state index is -0.927. The van der Waals surface area contributed by atoms with Crippen molar-refractivity contribution in [3.05, 3.63) is 29.0 Å². The van der Waals surface area contributed by atoms with Crippen LogP contribution in [0.3, 0.4) is 0 Å². The molecule has 0 aliphatic carbocycles. The number of carbonyl (C=O) groups is 1. The van der Waals surface area contributed by atoms with E-state index in [1.54, 1.807) is 6.07 Å². The number of aliphatic carboxylic acids is 1. The lowest BCUT2D eigenvalue weighted by molar-refractivity contribution is -0.137. The Morgan fingerprint density at radius 2 is 2.36 bits per heavy atom. The minimum Gasteiger partial charge on any atom is -0.481 e. The van der Waals surface area contributed by atoms with Crippen molar-refractivity contribution in [2.75, 3.05) is 0 Å². The van der Waals surface area contributed by atoms with Gasteiger partial charge in [0.05, 0.1) is 6.10 Å². The summed E-state index contributed by atoms with van der Waals surface area (Å²) in [5.41, 5.74) is 0.589. The van der Waals surface area contributed by atoms with Crippen molar-refractivity contribution < 1.29 is 15.0 Å². The largest absolute Gasteiger partial charge is 0.481 e. The predicted octanol–water partition coefficient (Wildman–Crippen LogP) is 1.63. The van der Waals surface area contributed by atoms with Crippen molar-refractivity contribution in [2.24, 2.45) is 0 Å². The van der Waals surface area contributed by atoms with Crippen LogP contribution in [0.1, 0.15) is 24.5 Å². The van der Waals surface area contributed by atoms with Crippen LogP contribution in [0.5, 0.6) is 0 Å². The minimum absolute atomic E-state index is 0.0683. The smallest absolute Gasteiger partial charge is 0.303 e. The van der Waals surface area contributed by atoms with Crippen molar-refractivity contribution in [1.82, 2.24) is 4.98 Å². The molecule has 1 aromatic rings. The second kappa shape index (κ2) is 4.93. The first-order valence-electron chi connectivity index (χ1n) is 4.11. The first kappa shape index (κ1) is 10.9. The molecule has 1 atom stereocenters. The molecule has 0 amide bonds. The molecule has 2 N–H and O–H groups in total. The molecule has 0 aromatic carbocycles. The van der Waals surface area contributed by atoms with E-state index < -0.39 is 12.1 Å². The normalized spacial score (nSPS) is 12.4. The van der Waals surface area contributed by atoms with E-state index in [1.807, 2.05) is 0 Å². The number of hydrogen-bond donors (Lipinski definition) is 2. The lowest BCUT2D eigenvalue weighted by atomic mass is 10.1. The molecule has 0 aliphatic heterocycles. The standard InChI is InChI=1S/C9H10ClNO3/c10-8-5-6(3-4-11-8)7(12)1-2-9(13)14/h3-5,7,12H,1-2H2,(H,13,14). The van der Waals surface area contributed by atoms with Crippen LogP contribution in [-0.2, 0) is 4.79 Å². The Hall–Kier alpha value is -1.13. The average Bonchev–Trinajstić information content (AvgIpc) is 2.14. The first-order valence-corrected chi connectivity index (χ1v) is 4.48. The Morgan fingerprint density at radius 3 is 2.93 bits per heavy atom. The Morgan fingerprint density at radius 1 is 1.64 bits per heavy atom. The summed E-state index contributed by atoms with van der Waals surface area (Å²) in [5, 5.41) is 18.2. The first-order chi connectivity index (χ1) is 6.59. The van der Waals surface area contributed by atoms with Crippen LogP contribution in [0.15, 0.2) is 18.3 Å². The number of carboxylic acids is 1. The van der Waals surface area contributed by atoms with E-state index in [1.165, 1.54) is 12.3 Å². The second-order valence-electron chi connectivity index (χ2n) is 2.86. The molecule has 14 heavy (non-hydrogen) atoms. The fourth-order valence-corrected chi connectivity index (χ4v) is 1.23. The molecule has 1 rings (SSSR count).